The quantitative estimate of drug-likeness (QED) is 0.837. The molecule has 20 heavy (non-hydrogen) atoms. The summed E-state index contributed by atoms with van der Waals surface area (Å²) in [6.07, 6.45) is 1.72. The van der Waals surface area contributed by atoms with E-state index >= 15 is 0 Å². The van der Waals surface area contributed by atoms with E-state index < -0.39 is 5.60 Å². The normalized spacial score (nSPS) is 31.6. The fourth-order valence-corrected chi connectivity index (χ4v) is 3.83. The molecule has 4 rings (SSSR count). The zero-order valence-electron chi connectivity index (χ0n) is 10.9. The molecule has 2 atom stereocenters. The molecule has 2 aromatic rings. The van der Waals surface area contributed by atoms with E-state index in [1.807, 2.05) is 6.07 Å². The lowest BCUT2D eigenvalue weighted by molar-refractivity contribution is -0.129. The monoisotopic (exact) mass is 291 g/mol. The number of aromatic nitrogens is 2. The van der Waals surface area contributed by atoms with Gasteiger partial charge in [0.15, 0.2) is 0 Å². The number of hydrogen-bond acceptors (Lipinski definition) is 3. The highest BCUT2D eigenvalue weighted by Crippen LogP contribution is 2.62. The molecule has 2 heterocycles. The van der Waals surface area contributed by atoms with Gasteiger partial charge in [0.05, 0.1) is 11.7 Å². The second-order valence-electron chi connectivity index (χ2n) is 5.75. The van der Waals surface area contributed by atoms with E-state index in [1.165, 1.54) is 0 Å². The van der Waals surface area contributed by atoms with Crippen LogP contribution in [-0.2, 0) is 10.4 Å². The Bertz CT molecular complexity index is 714. The Kier molecular flexibility index (Phi) is 2.28. The minimum Gasteiger partial charge on any atom is -0.384 e. The molecular weight excluding hydrogens is 278 g/mol. The first kappa shape index (κ1) is 12.2. The number of amides is 1. The van der Waals surface area contributed by atoms with Crippen molar-refractivity contribution in [3.63, 3.8) is 0 Å². The summed E-state index contributed by atoms with van der Waals surface area (Å²) in [5.74, 6) is 0.269. The molecule has 1 saturated carbocycles. The zero-order valence-corrected chi connectivity index (χ0v) is 11.7. The highest BCUT2D eigenvalue weighted by molar-refractivity contribution is 6.31. The molecule has 6 heteroatoms. The smallest absolute Gasteiger partial charge is 0.219 e. The van der Waals surface area contributed by atoms with Crippen molar-refractivity contribution in [2.45, 2.75) is 12.5 Å². The number of aliphatic hydroxyl groups is 1. The Labute approximate surface area is 120 Å². The molecular formula is C14H14ClN3O2. The first-order chi connectivity index (χ1) is 9.51. The van der Waals surface area contributed by atoms with Gasteiger partial charge in [0.1, 0.15) is 5.60 Å². The van der Waals surface area contributed by atoms with E-state index in [0.29, 0.717) is 18.1 Å². The summed E-state index contributed by atoms with van der Waals surface area (Å²) < 4.78 is 0. The molecule has 0 spiro atoms. The van der Waals surface area contributed by atoms with E-state index in [4.69, 9.17) is 11.6 Å². The van der Waals surface area contributed by atoms with Crippen LogP contribution in [-0.4, -0.2) is 39.2 Å². The molecule has 2 aliphatic rings. The maximum absolute atomic E-state index is 11.4. The number of H-pyrrole nitrogens is 1. The molecule has 2 fully saturated rings. The van der Waals surface area contributed by atoms with E-state index in [0.717, 1.165) is 16.5 Å². The van der Waals surface area contributed by atoms with Gasteiger partial charge < -0.3 is 10.0 Å². The molecule has 0 radical (unpaired) electrons. The van der Waals surface area contributed by atoms with Gasteiger partial charge in [-0.1, -0.05) is 11.6 Å². The first-order valence-electron chi connectivity index (χ1n) is 6.63. The summed E-state index contributed by atoms with van der Waals surface area (Å²) >= 11 is 6.13. The summed E-state index contributed by atoms with van der Waals surface area (Å²) in [6, 6.07) is 3.62. The van der Waals surface area contributed by atoms with Gasteiger partial charge in [0.2, 0.25) is 5.91 Å². The van der Waals surface area contributed by atoms with E-state index in [2.05, 4.69) is 10.2 Å². The van der Waals surface area contributed by atoms with Crippen molar-refractivity contribution in [3.05, 3.63) is 28.9 Å². The zero-order chi connectivity index (χ0) is 14.1. The van der Waals surface area contributed by atoms with Crippen molar-refractivity contribution in [3.8, 4) is 0 Å². The van der Waals surface area contributed by atoms with Crippen LogP contribution in [0, 0.1) is 11.8 Å². The summed E-state index contributed by atoms with van der Waals surface area (Å²) in [4.78, 5) is 13.2. The Balaban J connectivity index is 1.75. The van der Waals surface area contributed by atoms with Crippen LogP contribution in [0.1, 0.15) is 12.5 Å². The van der Waals surface area contributed by atoms with Crippen LogP contribution in [0.3, 0.4) is 0 Å². The fraction of sp³-hybridized carbons (Fsp3) is 0.429. The van der Waals surface area contributed by atoms with Crippen LogP contribution in [0.15, 0.2) is 18.3 Å². The molecule has 1 saturated heterocycles. The van der Waals surface area contributed by atoms with Crippen LogP contribution in [0.25, 0.3) is 10.9 Å². The van der Waals surface area contributed by atoms with Crippen molar-refractivity contribution >= 4 is 28.4 Å². The topological polar surface area (TPSA) is 69.2 Å². The number of likely N-dealkylation sites (tertiary alicyclic amines) is 1. The average Bonchev–Trinajstić information content (AvgIpc) is 2.85. The summed E-state index contributed by atoms with van der Waals surface area (Å²) in [5.41, 5.74) is 0.778. The number of hydrogen-bond donors (Lipinski definition) is 2. The molecule has 1 aliphatic heterocycles. The second-order valence-corrected chi connectivity index (χ2v) is 6.18. The number of fused-ring (bicyclic) bond motifs is 2. The average molecular weight is 292 g/mol. The number of nitrogens with one attached hydrogen (secondary N) is 1. The summed E-state index contributed by atoms with van der Waals surface area (Å²) in [6.45, 7) is 2.79. The van der Waals surface area contributed by atoms with Crippen LogP contribution in [0.5, 0.6) is 0 Å². The second kappa shape index (κ2) is 3.74. The predicted octanol–water partition coefficient (Wildman–Crippen LogP) is 1.51. The van der Waals surface area contributed by atoms with E-state index in [1.54, 1.807) is 24.1 Å². The Morgan fingerprint density at radius 1 is 1.50 bits per heavy atom. The van der Waals surface area contributed by atoms with Crippen LogP contribution >= 0.6 is 11.6 Å². The number of carbonyl (C=O) groups is 1. The van der Waals surface area contributed by atoms with Crippen molar-refractivity contribution in [1.29, 1.82) is 0 Å². The lowest BCUT2D eigenvalue weighted by atomic mass is 9.99. The molecule has 5 nitrogen and oxygen atoms in total. The number of nitrogens with zero attached hydrogens (tertiary/aromatic N) is 2. The Hall–Kier alpha value is -1.59. The molecule has 1 aromatic carbocycles. The van der Waals surface area contributed by atoms with Crippen LogP contribution in [0.2, 0.25) is 5.02 Å². The van der Waals surface area contributed by atoms with Gasteiger partial charge in [-0.25, -0.2) is 0 Å². The molecule has 1 amide bonds. The SMILES string of the molecule is CC(=O)N1CC2C(C1)C2(O)c1cc(Cl)cc2[nH]ncc12. The van der Waals surface area contributed by atoms with Gasteiger partial charge in [-0.15, -0.1) is 0 Å². The van der Waals surface area contributed by atoms with Crippen molar-refractivity contribution in [1.82, 2.24) is 15.1 Å². The lowest BCUT2D eigenvalue weighted by Gasteiger charge is -2.23. The van der Waals surface area contributed by atoms with Crippen molar-refractivity contribution < 1.29 is 9.90 Å². The highest BCUT2D eigenvalue weighted by atomic mass is 35.5. The third-order valence-corrected chi connectivity index (χ3v) is 4.96. The third-order valence-electron chi connectivity index (χ3n) is 4.74. The molecule has 0 bridgehead atoms. The number of benzene rings is 1. The first-order valence-corrected chi connectivity index (χ1v) is 7.00. The Morgan fingerprint density at radius 3 is 2.85 bits per heavy atom. The number of piperidine rings is 1. The predicted molar refractivity (Wildman–Crippen MR) is 74.2 cm³/mol. The molecule has 1 aliphatic carbocycles. The largest absolute Gasteiger partial charge is 0.384 e. The van der Waals surface area contributed by atoms with Gasteiger partial charge in [-0.2, -0.15) is 5.10 Å². The van der Waals surface area contributed by atoms with Gasteiger partial charge in [0.25, 0.3) is 0 Å². The molecule has 1 aromatic heterocycles. The highest BCUT2D eigenvalue weighted by Gasteiger charge is 2.69. The number of rotatable bonds is 1. The van der Waals surface area contributed by atoms with Crippen LogP contribution < -0.4 is 0 Å². The number of halogens is 1. The maximum atomic E-state index is 11.4. The van der Waals surface area contributed by atoms with Gasteiger partial charge in [-0.05, 0) is 17.7 Å². The van der Waals surface area contributed by atoms with Crippen molar-refractivity contribution in [2.24, 2.45) is 11.8 Å². The summed E-state index contributed by atoms with van der Waals surface area (Å²) in [7, 11) is 0. The maximum Gasteiger partial charge on any atom is 0.219 e. The minimum atomic E-state index is -0.876. The molecule has 2 N–H and O–H groups in total. The van der Waals surface area contributed by atoms with E-state index in [9.17, 15) is 9.90 Å². The standard InChI is InChI=1S/C14H14ClN3O2/c1-7(19)18-5-11-12(6-18)14(11,20)10-2-8(15)3-13-9(10)4-16-17-13/h2-4,11-12,20H,5-6H2,1H3,(H,16,17). The van der Waals surface area contributed by atoms with Gasteiger partial charge >= 0.3 is 0 Å². The van der Waals surface area contributed by atoms with Gasteiger partial charge in [0, 0.05) is 42.3 Å². The third kappa shape index (κ3) is 1.42. The Morgan fingerprint density at radius 2 is 2.20 bits per heavy atom. The minimum absolute atomic E-state index is 0.0686. The van der Waals surface area contributed by atoms with Crippen LogP contribution in [0.4, 0.5) is 0 Å². The number of aromatic amines is 1. The fourth-order valence-electron chi connectivity index (χ4n) is 3.61. The number of carbonyl (C=O) groups excluding carboxylic acids is 1. The summed E-state index contributed by atoms with van der Waals surface area (Å²) in [5, 5.41) is 19.4. The molecule has 2 unspecified atom stereocenters. The van der Waals surface area contributed by atoms with Crippen molar-refractivity contribution in [2.75, 3.05) is 13.1 Å². The lowest BCUT2D eigenvalue weighted by Crippen LogP contribution is -2.33. The van der Waals surface area contributed by atoms with Gasteiger partial charge in [-0.3, -0.25) is 9.89 Å². The molecule has 104 valence electrons. The van der Waals surface area contributed by atoms with E-state index in [-0.39, 0.29) is 17.7 Å².